The number of aliphatic imine (C=N–C) groups is 1. The first-order valence-corrected chi connectivity index (χ1v) is 9.78. The molecule has 8 heteroatoms. The van der Waals surface area contributed by atoms with Gasteiger partial charge in [-0.15, -0.1) is 0 Å². The molecule has 0 unspecified atom stereocenters. The summed E-state index contributed by atoms with van der Waals surface area (Å²) in [5.41, 5.74) is 1.65. The number of furan rings is 1. The number of guanidine groups is 1. The van der Waals surface area contributed by atoms with Crippen molar-refractivity contribution in [3.63, 3.8) is 0 Å². The van der Waals surface area contributed by atoms with Crippen LogP contribution < -0.4 is 10.6 Å². The molecule has 2 heterocycles. The number of carbonyl (C=O) groups is 2. The fraction of sp³-hybridized carbons (Fsp3) is 0.381. The van der Waals surface area contributed by atoms with Gasteiger partial charge < -0.3 is 24.9 Å². The monoisotopic (exact) mass is 397 g/mol. The highest BCUT2D eigenvalue weighted by Crippen LogP contribution is 2.10. The molecule has 0 aliphatic carbocycles. The summed E-state index contributed by atoms with van der Waals surface area (Å²) in [6, 6.07) is 10.9. The number of hydrogen-bond donors (Lipinski definition) is 2. The number of nitrogens with one attached hydrogen (secondary N) is 2. The van der Waals surface area contributed by atoms with E-state index >= 15 is 0 Å². The van der Waals surface area contributed by atoms with Crippen LogP contribution in [0.25, 0.3) is 0 Å². The lowest BCUT2D eigenvalue weighted by atomic mass is 10.1. The van der Waals surface area contributed by atoms with Crippen molar-refractivity contribution in [1.29, 1.82) is 0 Å². The maximum absolute atomic E-state index is 12.4. The highest BCUT2D eigenvalue weighted by molar-refractivity contribution is 5.94. The lowest BCUT2D eigenvalue weighted by Crippen LogP contribution is -2.53. The molecule has 3 rings (SSSR count). The van der Waals surface area contributed by atoms with Crippen molar-refractivity contribution in [1.82, 2.24) is 20.4 Å². The van der Waals surface area contributed by atoms with E-state index in [0.717, 1.165) is 11.5 Å². The molecule has 154 valence electrons. The van der Waals surface area contributed by atoms with Gasteiger partial charge in [0.2, 0.25) is 0 Å². The zero-order valence-electron chi connectivity index (χ0n) is 16.9. The third kappa shape index (κ3) is 5.16. The van der Waals surface area contributed by atoms with Gasteiger partial charge in [-0.3, -0.25) is 14.6 Å². The van der Waals surface area contributed by atoms with Crippen LogP contribution in [0.15, 0.2) is 52.1 Å². The van der Waals surface area contributed by atoms with Crippen LogP contribution in [0.2, 0.25) is 0 Å². The Morgan fingerprint density at radius 3 is 2.48 bits per heavy atom. The number of hydrogen-bond acceptors (Lipinski definition) is 4. The Morgan fingerprint density at radius 2 is 1.83 bits per heavy atom. The average Bonchev–Trinajstić information content (AvgIpc) is 3.29. The molecular formula is C21H27N5O3. The quantitative estimate of drug-likeness (QED) is 0.590. The summed E-state index contributed by atoms with van der Waals surface area (Å²) in [6.45, 7) is 5.64. The van der Waals surface area contributed by atoms with Crippen LogP contribution in [0, 0.1) is 0 Å². The Balaban J connectivity index is 1.53. The molecule has 1 aromatic carbocycles. The smallest absolute Gasteiger partial charge is 0.289 e. The van der Waals surface area contributed by atoms with E-state index in [2.05, 4.69) is 20.5 Å². The van der Waals surface area contributed by atoms with Gasteiger partial charge in [0.05, 0.1) is 6.26 Å². The van der Waals surface area contributed by atoms with Gasteiger partial charge in [-0.1, -0.05) is 12.1 Å². The summed E-state index contributed by atoms with van der Waals surface area (Å²) in [5, 5.41) is 6.16. The standard InChI is InChI=1S/C21H27N5O3/c1-3-23-19(27)17-7-4-6-16(14-17)15-24-21(22-2)26-11-9-25(10-12-26)20(28)18-8-5-13-29-18/h4-8,13-14H,3,9-12,15H2,1-2H3,(H,22,24)(H,23,27). The number of amides is 2. The van der Waals surface area contributed by atoms with E-state index < -0.39 is 0 Å². The van der Waals surface area contributed by atoms with Crippen molar-refractivity contribution in [3.8, 4) is 0 Å². The third-order valence-corrected chi connectivity index (χ3v) is 4.79. The van der Waals surface area contributed by atoms with Crippen molar-refractivity contribution < 1.29 is 14.0 Å². The van der Waals surface area contributed by atoms with E-state index in [1.165, 1.54) is 6.26 Å². The molecule has 2 aromatic rings. The maximum Gasteiger partial charge on any atom is 0.289 e. The Hall–Kier alpha value is -3.29. The molecule has 0 atom stereocenters. The molecule has 0 bridgehead atoms. The van der Waals surface area contributed by atoms with Gasteiger partial charge in [0, 0.05) is 51.9 Å². The Morgan fingerprint density at radius 1 is 1.07 bits per heavy atom. The molecule has 1 fully saturated rings. The predicted octanol–water partition coefficient (Wildman–Crippen LogP) is 1.56. The minimum Gasteiger partial charge on any atom is -0.459 e. The molecular weight excluding hydrogens is 370 g/mol. The molecule has 2 N–H and O–H groups in total. The molecule has 8 nitrogen and oxygen atoms in total. The van der Waals surface area contributed by atoms with E-state index in [1.807, 2.05) is 25.1 Å². The topological polar surface area (TPSA) is 90.2 Å². The summed E-state index contributed by atoms with van der Waals surface area (Å²) in [6.07, 6.45) is 1.51. The molecule has 0 spiro atoms. The summed E-state index contributed by atoms with van der Waals surface area (Å²) in [4.78, 5) is 32.7. The number of benzene rings is 1. The zero-order chi connectivity index (χ0) is 20.6. The van der Waals surface area contributed by atoms with E-state index in [-0.39, 0.29) is 11.8 Å². The van der Waals surface area contributed by atoms with E-state index in [0.29, 0.717) is 50.6 Å². The van der Waals surface area contributed by atoms with Crippen molar-refractivity contribution in [2.24, 2.45) is 4.99 Å². The van der Waals surface area contributed by atoms with E-state index in [1.54, 1.807) is 30.1 Å². The highest BCUT2D eigenvalue weighted by atomic mass is 16.3. The fourth-order valence-corrected chi connectivity index (χ4v) is 3.28. The van der Waals surface area contributed by atoms with Crippen molar-refractivity contribution in [3.05, 3.63) is 59.5 Å². The van der Waals surface area contributed by atoms with Crippen LogP contribution >= 0.6 is 0 Å². The minimum absolute atomic E-state index is 0.0731. The number of carbonyl (C=O) groups excluding carboxylic acids is 2. The van der Waals surface area contributed by atoms with Crippen molar-refractivity contribution >= 4 is 17.8 Å². The molecule has 1 aliphatic rings. The summed E-state index contributed by atoms with van der Waals surface area (Å²) in [5.74, 6) is 0.988. The first kappa shape index (κ1) is 20.4. The largest absolute Gasteiger partial charge is 0.459 e. The predicted molar refractivity (Wildman–Crippen MR) is 111 cm³/mol. The van der Waals surface area contributed by atoms with E-state index in [4.69, 9.17) is 4.42 Å². The van der Waals surface area contributed by atoms with Crippen molar-refractivity contribution in [2.45, 2.75) is 13.5 Å². The van der Waals surface area contributed by atoms with Crippen LogP contribution in [0.1, 0.15) is 33.4 Å². The maximum atomic E-state index is 12.4. The van der Waals surface area contributed by atoms with Crippen LogP contribution in [-0.4, -0.2) is 67.3 Å². The molecule has 0 radical (unpaired) electrons. The van der Waals surface area contributed by atoms with Gasteiger partial charge in [-0.25, -0.2) is 0 Å². The normalized spacial score (nSPS) is 14.6. The number of piperazine rings is 1. The van der Waals surface area contributed by atoms with Crippen LogP contribution in [-0.2, 0) is 6.54 Å². The first-order chi connectivity index (χ1) is 14.1. The van der Waals surface area contributed by atoms with Crippen LogP contribution in [0.4, 0.5) is 0 Å². The average molecular weight is 397 g/mol. The second-order valence-electron chi connectivity index (χ2n) is 6.72. The Labute approximate surface area is 170 Å². The molecule has 0 saturated carbocycles. The minimum atomic E-state index is -0.0835. The van der Waals surface area contributed by atoms with Gasteiger partial charge in [-0.2, -0.15) is 0 Å². The Bertz CT molecular complexity index is 855. The molecule has 1 aromatic heterocycles. The fourth-order valence-electron chi connectivity index (χ4n) is 3.28. The van der Waals surface area contributed by atoms with Gasteiger partial charge in [0.25, 0.3) is 11.8 Å². The second kappa shape index (κ2) is 9.77. The summed E-state index contributed by atoms with van der Waals surface area (Å²) < 4.78 is 5.20. The summed E-state index contributed by atoms with van der Waals surface area (Å²) in [7, 11) is 1.74. The van der Waals surface area contributed by atoms with Gasteiger partial charge >= 0.3 is 0 Å². The third-order valence-electron chi connectivity index (χ3n) is 4.79. The lowest BCUT2D eigenvalue weighted by Gasteiger charge is -2.36. The SMILES string of the molecule is CCNC(=O)c1cccc(CNC(=NC)N2CCN(C(=O)c3ccco3)CC2)c1. The number of nitrogens with zero attached hydrogens (tertiary/aromatic N) is 3. The number of rotatable bonds is 5. The molecule has 1 saturated heterocycles. The molecule has 2 amide bonds. The van der Waals surface area contributed by atoms with E-state index in [9.17, 15) is 9.59 Å². The highest BCUT2D eigenvalue weighted by Gasteiger charge is 2.25. The van der Waals surface area contributed by atoms with Crippen LogP contribution in [0.3, 0.4) is 0 Å². The summed E-state index contributed by atoms with van der Waals surface area (Å²) >= 11 is 0. The molecule has 1 aliphatic heterocycles. The van der Waals surface area contributed by atoms with Gasteiger partial charge in [-0.05, 0) is 36.8 Å². The van der Waals surface area contributed by atoms with Crippen molar-refractivity contribution in [2.75, 3.05) is 39.8 Å². The molecule has 29 heavy (non-hydrogen) atoms. The van der Waals surface area contributed by atoms with Gasteiger partial charge in [0.15, 0.2) is 11.7 Å². The lowest BCUT2D eigenvalue weighted by molar-refractivity contribution is 0.0657. The van der Waals surface area contributed by atoms with Gasteiger partial charge in [0.1, 0.15) is 0 Å². The van der Waals surface area contributed by atoms with Crippen LogP contribution in [0.5, 0.6) is 0 Å². The second-order valence-corrected chi connectivity index (χ2v) is 6.72. The Kier molecular flexibility index (Phi) is 6.89. The zero-order valence-corrected chi connectivity index (χ0v) is 16.9. The first-order valence-electron chi connectivity index (χ1n) is 9.78.